The molecule has 0 aliphatic rings. The number of amides is 2. The predicted octanol–water partition coefficient (Wildman–Crippen LogP) is 0.136. The van der Waals surface area contributed by atoms with Crippen LogP contribution in [0.5, 0.6) is 0 Å². The van der Waals surface area contributed by atoms with Crippen LogP contribution in [0.3, 0.4) is 0 Å². The van der Waals surface area contributed by atoms with Crippen LogP contribution in [0, 0.1) is 5.82 Å². The minimum atomic E-state index is -0.383. The highest BCUT2D eigenvalue weighted by atomic mass is 35.5. The third kappa shape index (κ3) is 6.41. The van der Waals surface area contributed by atoms with E-state index in [1.165, 1.54) is 12.1 Å². The highest BCUT2D eigenvalue weighted by Gasteiger charge is 2.15. The Morgan fingerprint density at radius 2 is 2.00 bits per heavy atom. The summed E-state index contributed by atoms with van der Waals surface area (Å²) in [6.45, 7) is 2.91. The van der Waals surface area contributed by atoms with Gasteiger partial charge in [0.15, 0.2) is 6.54 Å². The van der Waals surface area contributed by atoms with E-state index in [1.807, 2.05) is 6.92 Å². The molecule has 22 heavy (non-hydrogen) atoms. The standard InChI is InChI=1S/C15H21ClFN3O2/c1-3-7-18-14(21)8-19-15(22)10-20(2)9-11-12(16)5-4-6-13(11)17/h4-6H,3,7-10H2,1-2H3,(H,18,21)(H,19,22)/p+1. The van der Waals surface area contributed by atoms with Crippen molar-refractivity contribution in [1.82, 2.24) is 10.6 Å². The molecule has 7 heteroatoms. The van der Waals surface area contributed by atoms with Gasteiger partial charge in [-0.1, -0.05) is 24.6 Å². The molecule has 0 aliphatic carbocycles. The molecule has 0 radical (unpaired) electrons. The van der Waals surface area contributed by atoms with Gasteiger partial charge in [-0.2, -0.15) is 0 Å². The number of likely N-dealkylation sites (N-methyl/N-ethyl adjacent to an activating group) is 1. The van der Waals surface area contributed by atoms with Crippen LogP contribution < -0.4 is 15.5 Å². The van der Waals surface area contributed by atoms with Crippen molar-refractivity contribution < 1.29 is 18.9 Å². The lowest BCUT2D eigenvalue weighted by atomic mass is 10.2. The van der Waals surface area contributed by atoms with Crippen molar-refractivity contribution in [3.63, 3.8) is 0 Å². The molecule has 1 rings (SSSR count). The first kappa shape index (κ1) is 18.4. The van der Waals surface area contributed by atoms with Gasteiger partial charge >= 0.3 is 0 Å². The molecule has 1 aromatic carbocycles. The first-order valence-corrected chi connectivity index (χ1v) is 7.59. The molecule has 0 spiro atoms. The number of carbonyl (C=O) groups is 2. The van der Waals surface area contributed by atoms with Crippen molar-refractivity contribution in [1.29, 1.82) is 0 Å². The maximum Gasteiger partial charge on any atom is 0.275 e. The van der Waals surface area contributed by atoms with Crippen LogP contribution in [0.15, 0.2) is 18.2 Å². The number of rotatable bonds is 8. The average molecular weight is 331 g/mol. The molecule has 2 amide bonds. The molecule has 122 valence electrons. The molecule has 1 aromatic rings. The molecule has 1 unspecified atom stereocenters. The lowest BCUT2D eigenvalue weighted by Gasteiger charge is -2.15. The number of quaternary nitrogens is 1. The second-order valence-corrected chi connectivity index (χ2v) is 5.54. The fourth-order valence-electron chi connectivity index (χ4n) is 1.91. The lowest BCUT2D eigenvalue weighted by molar-refractivity contribution is -0.885. The van der Waals surface area contributed by atoms with Crippen LogP contribution in [0.2, 0.25) is 5.02 Å². The number of carbonyl (C=O) groups excluding carboxylic acids is 2. The van der Waals surface area contributed by atoms with Crippen LogP contribution in [0.4, 0.5) is 4.39 Å². The van der Waals surface area contributed by atoms with E-state index in [9.17, 15) is 14.0 Å². The van der Waals surface area contributed by atoms with Gasteiger partial charge in [-0.15, -0.1) is 0 Å². The second kappa shape index (κ2) is 9.38. The van der Waals surface area contributed by atoms with E-state index >= 15 is 0 Å². The quantitative estimate of drug-likeness (QED) is 0.635. The van der Waals surface area contributed by atoms with Gasteiger partial charge in [-0.05, 0) is 18.6 Å². The van der Waals surface area contributed by atoms with Gasteiger partial charge in [0.2, 0.25) is 5.91 Å². The summed E-state index contributed by atoms with van der Waals surface area (Å²) in [5.41, 5.74) is 0.384. The van der Waals surface area contributed by atoms with Gasteiger partial charge in [-0.3, -0.25) is 9.59 Å². The van der Waals surface area contributed by atoms with Gasteiger partial charge in [0, 0.05) is 6.54 Å². The van der Waals surface area contributed by atoms with Crippen molar-refractivity contribution in [3.8, 4) is 0 Å². The van der Waals surface area contributed by atoms with Gasteiger partial charge in [0.25, 0.3) is 5.91 Å². The number of nitrogens with one attached hydrogen (secondary N) is 3. The molecule has 5 nitrogen and oxygen atoms in total. The first-order valence-electron chi connectivity index (χ1n) is 7.21. The van der Waals surface area contributed by atoms with Crippen LogP contribution in [0.25, 0.3) is 0 Å². The molecular formula is C15H22ClFN3O2+. The molecule has 0 aliphatic heterocycles. The summed E-state index contributed by atoms with van der Waals surface area (Å²) in [7, 11) is 1.76. The normalized spacial score (nSPS) is 11.8. The van der Waals surface area contributed by atoms with Gasteiger partial charge in [0.05, 0.1) is 24.2 Å². The molecule has 0 saturated heterocycles. The minimum Gasteiger partial charge on any atom is -0.355 e. The second-order valence-electron chi connectivity index (χ2n) is 5.14. The third-order valence-electron chi connectivity index (χ3n) is 3.02. The van der Waals surface area contributed by atoms with E-state index in [-0.39, 0.29) is 30.7 Å². The molecule has 0 heterocycles. The summed E-state index contributed by atoms with van der Waals surface area (Å²) in [6, 6.07) is 4.50. The zero-order valence-corrected chi connectivity index (χ0v) is 13.6. The van der Waals surface area contributed by atoms with E-state index in [4.69, 9.17) is 11.6 Å². The minimum absolute atomic E-state index is 0.0490. The van der Waals surface area contributed by atoms with Crippen LogP contribution in [-0.2, 0) is 16.1 Å². The fraction of sp³-hybridized carbons (Fsp3) is 0.467. The van der Waals surface area contributed by atoms with E-state index in [0.29, 0.717) is 23.7 Å². The van der Waals surface area contributed by atoms with Crippen molar-refractivity contribution in [2.45, 2.75) is 19.9 Å². The van der Waals surface area contributed by atoms with Gasteiger partial charge in [0.1, 0.15) is 12.4 Å². The lowest BCUT2D eigenvalue weighted by Crippen LogP contribution is -3.09. The Bertz CT molecular complexity index is 505. The van der Waals surface area contributed by atoms with Crippen LogP contribution in [0.1, 0.15) is 18.9 Å². The first-order chi connectivity index (χ1) is 10.4. The number of hydrogen-bond acceptors (Lipinski definition) is 2. The van der Waals surface area contributed by atoms with Crippen LogP contribution >= 0.6 is 11.6 Å². The largest absolute Gasteiger partial charge is 0.355 e. The van der Waals surface area contributed by atoms with E-state index in [2.05, 4.69) is 10.6 Å². The smallest absolute Gasteiger partial charge is 0.275 e. The molecule has 0 bridgehead atoms. The monoisotopic (exact) mass is 330 g/mol. The number of hydrogen-bond donors (Lipinski definition) is 3. The predicted molar refractivity (Wildman–Crippen MR) is 83.2 cm³/mol. The summed E-state index contributed by atoms with van der Waals surface area (Å²) in [5, 5.41) is 5.55. The Balaban J connectivity index is 2.40. The molecule has 3 N–H and O–H groups in total. The maximum absolute atomic E-state index is 13.7. The zero-order chi connectivity index (χ0) is 16.5. The van der Waals surface area contributed by atoms with E-state index in [0.717, 1.165) is 11.3 Å². The van der Waals surface area contributed by atoms with E-state index in [1.54, 1.807) is 13.1 Å². The third-order valence-corrected chi connectivity index (χ3v) is 3.37. The van der Waals surface area contributed by atoms with Crippen molar-refractivity contribution in [2.24, 2.45) is 0 Å². The average Bonchev–Trinajstić information content (AvgIpc) is 2.47. The van der Waals surface area contributed by atoms with Gasteiger partial charge in [-0.25, -0.2) is 4.39 Å². The Morgan fingerprint density at radius 3 is 2.64 bits per heavy atom. The zero-order valence-electron chi connectivity index (χ0n) is 12.8. The highest BCUT2D eigenvalue weighted by molar-refractivity contribution is 6.31. The Morgan fingerprint density at radius 1 is 1.27 bits per heavy atom. The highest BCUT2D eigenvalue weighted by Crippen LogP contribution is 2.17. The molecule has 0 saturated carbocycles. The Hall–Kier alpha value is -1.66. The van der Waals surface area contributed by atoms with Crippen molar-refractivity contribution in [2.75, 3.05) is 26.7 Å². The summed E-state index contributed by atoms with van der Waals surface area (Å²) in [5.74, 6) is -0.868. The van der Waals surface area contributed by atoms with Crippen molar-refractivity contribution >= 4 is 23.4 Å². The van der Waals surface area contributed by atoms with Crippen LogP contribution in [-0.4, -0.2) is 38.5 Å². The van der Waals surface area contributed by atoms with Gasteiger partial charge < -0.3 is 15.5 Å². The molecule has 0 fully saturated rings. The molecule has 0 aromatic heterocycles. The Kier molecular flexibility index (Phi) is 7.84. The summed E-state index contributed by atoms with van der Waals surface area (Å²) in [6.07, 6.45) is 0.843. The topological polar surface area (TPSA) is 62.6 Å². The number of halogens is 2. The fourth-order valence-corrected chi connectivity index (χ4v) is 2.14. The summed E-state index contributed by atoms with van der Waals surface area (Å²) < 4.78 is 13.7. The summed E-state index contributed by atoms with van der Waals surface area (Å²) >= 11 is 5.95. The van der Waals surface area contributed by atoms with E-state index < -0.39 is 0 Å². The Labute approximate surface area is 134 Å². The van der Waals surface area contributed by atoms with Crippen molar-refractivity contribution in [3.05, 3.63) is 34.6 Å². The number of benzene rings is 1. The maximum atomic E-state index is 13.7. The summed E-state index contributed by atoms with van der Waals surface area (Å²) in [4.78, 5) is 23.9. The SMILES string of the molecule is CCCNC(=O)CNC(=O)C[NH+](C)Cc1c(F)cccc1Cl. The molecule has 1 atom stereocenters. The molecular weight excluding hydrogens is 309 g/mol.